The van der Waals surface area contributed by atoms with Crippen molar-refractivity contribution >= 4 is 12.8 Å². The first-order valence-electron chi connectivity index (χ1n) is 5.19. The summed E-state index contributed by atoms with van der Waals surface area (Å²) in [6.07, 6.45) is 0.848. The SMILES string of the molecule is CCOP(C)(=O)c1cc(C)cc(CC)n1. The lowest BCUT2D eigenvalue weighted by Gasteiger charge is -2.13. The Bertz CT molecular complexity index is 390. The largest absolute Gasteiger partial charge is 0.325 e. The number of aromatic nitrogens is 1. The van der Waals surface area contributed by atoms with E-state index in [9.17, 15) is 4.57 Å². The maximum atomic E-state index is 12.2. The molecule has 0 N–H and O–H groups in total. The summed E-state index contributed by atoms with van der Waals surface area (Å²) in [7, 11) is -2.72. The fraction of sp³-hybridized carbons (Fsp3) is 0.545. The van der Waals surface area contributed by atoms with E-state index >= 15 is 0 Å². The monoisotopic (exact) mass is 227 g/mol. The number of nitrogens with zero attached hydrogens (tertiary/aromatic N) is 1. The van der Waals surface area contributed by atoms with E-state index in [1.807, 2.05) is 32.9 Å². The van der Waals surface area contributed by atoms with Crippen molar-refractivity contribution in [1.82, 2.24) is 4.98 Å². The van der Waals surface area contributed by atoms with E-state index in [1.165, 1.54) is 0 Å². The third-order valence-electron chi connectivity index (χ3n) is 2.16. The molecule has 0 bridgehead atoms. The summed E-state index contributed by atoms with van der Waals surface area (Å²) in [6, 6.07) is 3.85. The molecule has 3 nitrogen and oxygen atoms in total. The Labute approximate surface area is 91.3 Å². The molecule has 0 aliphatic carbocycles. The molecule has 0 fully saturated rings. The van der Waals surface area contributed by atoms with Gasteiger partial charge in [0.05, 0.1) is 6.61 Å². The number of hydrogen-bond donors (Lipinski definition) is 0. The molecule has 1 heterocycles. The Balaban J connectivity index is 3.13. The molecule has 1 unspecified atom stereocenters. The van der Waals surface area contributed by atoms with E-state index in [-0.39, 0.29) is 0 Å². The fourth-order valence-corrected chi connectivity index (χ4v) is 2.79. The van der Waals surface area contributed by atoms with Gasteiger partial charge in [-0.05, 0) is 38.0 Å². The topological polar surface area (TPSA) is 39.2 Å². The highest BCUT2D eigenvalue weighted by Gasteiger charge is 2.20. The van der Waals surface area contributed by atoms with Crippen molar-refractivity contribution in [2.45, 2.75) is 27.2 Å². The van der Waals surface area contributed by atoms with Crippen LogP contribution >= 0.6 is 7.37 Å². The molecule has 1 atom stereocenters. The van der Waals surface area contributed by atoms with Crippen molar-refractivity contribution in [2.24, 2.45) is 0 Å². The molecule has 1 aromatic heterocycles. The maximum Gasteiger partial charge on any atom is 0.246 e. The van der Waals surface area contributed by atoms with Crippen LogP contribution in [-0.2, 0) is 15.5 Å². The molecular weight excluding hydrogens is 209 g/mol. The van der Waals surface area contributed by atoms with Gasteiger partial charge in [-0.3, -0.25) is 4.57 Å². The molecule has 0 radical (unpaired) electrons. The average Bonchev–Trinajstić information content (AvgIpc) is 2.16. The van der Waals surface area contributed by atoms with Crippen LogP contribution < -0.4 is 5.44 Å². The van der Waals surface area contributed by atoms with Crippen molar-refractivity contribution in [1.29, 1.82) is 0 Å². The Morgan fingerprint density at radius 1 is 1.40 bits per heavy atom. The van der Waals surface area contributed by atoms with Crippen LogP contribution in [0.25, 0.3) is 0 Å². The molecule has 0 saturated heterocycles. The second-order valence-corrected chi connectivity index (χ2v) is 6.02. The van der Waals surface area contributed by atoms with Crippen LogP contribution in [0.2, 0.25) is 0 Å². The maximum absolute atomic E-state index is 12.2. The molecular formula is C11H18NO2P. The van der Waals surface area contributed by atoms with Crippen molar-refractivity contribution in [3.63, 3.8) is 0 Å². The van der Waals surface area contributed by atoms with Gasteiger partial charge in [-0.15, -0.1) is 0 Å². The lowest BCUT2D eigenvalue weighted by atomic mass is 10.2. The van der Waals surface area contributed by atoms with E-state index < -0.39 is 7.37 Å². The first-order valence-corrected chi connectivity index (χ1v) is 7.27. The summed E-state index contributed by atoms with van der Waals surface area (Å²) >= 11 is 0. The van der Waals surface area contributed by atoms with Gasteiger partial charge in [0, 0.05) is 12.4 Å². The zero-order valence-electron chi connectivity index (χ0n) is 9.78. The summed E-state index contributed by atoms with van der Waals surface area (Å²) in [4.78, 5) is 4.35. The molecule has 15 heavy (non-hydrogen) atoms. The fourth-order valence-electron chi connectivity index (χ4n) is 1.42. The minimum atomic E-state index is -2.72. The van der Waals surface area contributed by atoms with Crippen molar-refractivity contribution < 1.29 is 9.09 Å². The van der Waals surface area contributed by atoms with Crippen LogP contribution in [0.15, 0.2) is 12.1 Å². The molecule has 1 aromatic rings. The number of rotatable bonds is 4. The normalized spacial score (nSPS) is 14.9. The summed E-state index contributed by atoms with van der Waals surface area (Å²) in [5, 5.41) is 0. The second kappa shape index (κ2) is 4.91. The van der Waals surface area contributed by atoms with Crippen LogP contribution in [0.1, 0.15) is 25.1 Å². The van der Waals surface area contributed by atoms with Gasteiger partial charge in [-0.25, -0.2) is 4.98 Å². The van der Waals surface area contributed by atoms with E-state index in [4.69, 9.17) is 4.52 Å². The molecule has 0 spiro atoms. The number of hydrogen-bond acceptors (Lipinski definition) is 3. The van der Waals surface area contributed by atoms with Crippen LogP contribution in [0.4, 0.5) is 0 Å². The first kappa shape index (κ1) is 12.4. The standard InChI is InChI=1S/C11H18NO2P/c1-5-10-7-9(3)8-11(12-10)15(4,13)14-6-2/h7-8H,5-6H2,1-4H3. The zero-order chi connectivity index (χ0) is 11.5. The number of aryl methyl sites for hydroxylation is 2. The molecule has 84 valence electrons. The van der Waals surface area contributed by atoms with Gasteiger partial charge in [0.1, 0.15) is 5.44 Å². The third kappa shape index (κ3) is 3.15. The van der Waals surface area contributed by atoms with E-state index in [2.05, 4.69) is 4.98 Å². The van der Waals surface area contributed by atoms with Gasteiger partial charge in [0.15, 0.2) is 0 Å². The predicted octanol–water partition coefficient (Wildman–Crippen LogP) is 2.52. The Morgan fingerprint density at radius 2 is 2.07 bits per heavy atom. The highest BCUT2D eigenvalue weighted by atomic mass is 31.2. The third-order valence-corrected chi connectivity index (χ3v) is 3.98. The Morgan fingerprint density at radius 3 is 2.60 bits per heavy atom. The first-order chi connectivity index (χ1) is 6.99. The van der Waals surface area contributed by atoms with E-state index in [0.29, 0.717) is 12.0 Å². The minimum Gasteiger partial charge on any atom is -0.325 e. The van der Waals surface area contributed by atoms with Crippen LogP contribution in [0.3, 0.4) is 0 Å². The molecule has 0 aromatic carbocycles. The zero-order valence-corrected chi connectivity index (χ0v) is 10.7. The van der Waals surface area contributed by atoms with Crippen molar-refractivity contribution in [3.8, 4) is 0 Å². The molecule has 4 heteroatoms. The summed E-state index contributed by atoms with van der Waals surface area (Å²) in [5.74, 6) is 0. The highest BCUT2D eigenvalue weighted by molar-refractivity contribution is 7.65. The predicted molar refractivity (Wildman–Crippen MR) is 63.1 cm³/mol. The average molecular weight is 227 g/mol. The highest BCUT2D eigenvalue weighted by Crippen LogP contribution is 2.40. The molecule has 0 amide bonds. The van der Waals surface area contributed by atoms with E-state index in [0.717, 1.165) is 17.7 Å². The van der Waals surface area contributed by atoms with E-state index in [1.54, 1.807) is 6.66 Å². The van der Waals surface area contributed by atoms with Crippen LogP contribution in [0.5, 0.6) is 0 Å². The van der Waals surface area contributed by atoms with Gasteiger partial charge in [-0.1, -0.05) is 6.92 Å². The van der Waals surface area contributed by atoms with Crippen LogP contribution in [-0.4, -0.2) is 18.3 Å². The lowest BCUT2D eigenvalue weighted by Crippen LogP contribution is -2.13. The quantitative estimate of drug-likeness (QED) is 0.742. The molecule has 1 rings (SSSR count). The lowest BCUT2D eigenvalue weighted by molar-refractivity contribution is 0.344. The molecule has 0 aliphatic heterocycles. The van der Waals surface area contributed by atoms with Crippen molar-refractivity contribution in [2.75, 3.05) is 13.3 Å². The van der Waals surface area contributed by atoms with Gasteiger partial charge in [0.25, 0.3) is 0 Å². The molecule has 0 aliphatic rings. The van der Waals surface area contributed by atoms with Gasteiger partial charge in [-0.2, -0.15) is 0 Å². The van der Waals surface area contributed by atoms with Gasteiger partial charge >= 0.3 is 0 Å². The summed E-state index contributed by atoms with van der Waals surface area (Å²) in [6.45, 7) is 7.93. The Hall–Kier alpha value is -0.660. The second-order valence-electron chi connectivity index (χ2n) is 3.61. The van der Waals surface area contributed by atoms with Gasteiger partial charge < -0.3 is 4.52 Å². The Kier molecular flexibility index (Phi) is 4.06. The molecule has 0 saturated carbocycles. The van der Waals surface area contributed by atoms with Crippen LogP contribution in [0, 0.1) is 6.92 Å². The smallest absolute Gasteiger partial charge is 0.246 e. The van der Waals surface area contributed by atoms with Crippen molar-refractivity contribution in [3.05, 3.63) is 23.4 Å². The summed E-state index contributed by atoms with van der Waals surface area (Å²) < 4.78 is 17.4. The minimum absolute atomic E-state index is 0.449. The van der Waals surface area contributed by atoms with Gasteiger partial charge in [0.2, 0.25) is 7.37 Å². The summed E-state index contributed by atoms with van der Waals surface area (Å²) in [5.41, 5.74) is 2.63. The number of pyridine rings is 1.